The van der Waals surface area contributed by atoms with Crippen molar-refractivity contribution in [2.45, 2.75) is 11.8 Å². The van der Waals surface area contributed by atoms with Crippen LogP contribution >= 0.6 is 11.6 Å². The number of aryl methyl sites for hydroxylation is 1. The van der Waals surface area contributed by atoms with Crippen molar-refractivity contribution in [2.75, 3.05) is 0 Å². The maximum atomic E-state index is 12.5. The minimum atomic E-state index is -4.65. The average molecular weight is 443 g/mol. The van der Waals surface area contributed by atoms with Crippen LogP contribution in [0.4, 0.5) is 11.4 Å². The van der Waals surface area contributed by atoms with Crippen LogP contribution in [-0.2, 0) is 10.1 Å². The van der Waals surface area contributed by atoms with Crippen LogP contribution in [0.3, 0.4) is 0 Å². The molecule has 0 fully saturated rings. The molecule has 0 radical (unpaired) electrons. The third kappa shape index (κ3) is 4.68. The predicted octanol–water partition coefficient (Wildman–Crippen LogP) is 2.52. The third-order valence-electron chi connectivity index (χ3n) is 3.97. The zero-order valence-corrected chi connectivity index (χ0v) is 17.9. The van der Waals surface area contributed by atoms with Gasteiger partial charge in [0.05, 0.1) is 11.7 Å². The summed E-state index contributed by atoms with van der Waals surface area (Å²) in [5.74, 6) is -2.61. The molecule has 8 nitrogen and oxygen atoms in total. The fourth-order valence-electron chi connectivity index (χ4n) is 2.59. The fraction of sp³-hybridized carbons (Fsp3) is 0.0556. The summed E-state index contributed by atoms with van der Waals surface area (Å²) in [6.45, 7) is 1.53. The maximum absolute atomic E-state index is 12.5. The van der Waals surface area contributed by atoms with Gasteiger partial charge in [-0.1, -0.05) is 41.6 Å². The summed E-state index contributed by atoms with van der Waals surface area (Å²) in [6.07, 6.45) is 0. The summed E-state index contributed by atoms with van der Waals surface area (Å²) in [7, 11) is -4.65. The Morgan fingerprint density at radius 2 is 1.79 bits per heavy atom. The van der Waals surface area contributed by atoms with E-state index in [1.54, 1.807) is 18.2 Å². The Morgan fingerprint density at radius 1 is 1.14 bits per heavy atom. The molecule has 3 rings (SSSR count). The zero-order chi connectivity index (χ0) is 20.6. The smallest absolute Gasteiger partial charge is 0.871 e. The van der Waals surface area contributed by atoms with Gasteiger partial charge in [-0.05, 0) is 41.6 Å². The minimum Gasteiger partial charge on any atom is -0.871 e. The van der Waals surface area contributed by atoms with Gasteiger partial charge >= 0.3 is 23.1 Å². The van der Waals surface area contributed by atoms with Crippen molar-refractivity contribution in [3.8, 4) is 5.75 Å². The molecule has 144 valence electrons. The van der Waals surface area contributed by atoms with Crippen LogP contribution in [0.1, 0.15) is 15.9 Å². The first-order valence-corrected chi connectivity index (χ1v) is 9.55. The number of carboxylic acid groups (broad SMARTS) is 1. The number of nitrogens with zero attached hydrogens (tertiary/aromatic N) is 2. The number of hydrogen-bond acceptors (Lipinski definition) is 7. The summed E-state index contributed by atoms with van der Waals surface area (Å²) >= 11 is 5.98. The third-order valence-corrected chi connectivity index (χ3v) is 5.26. The first-order chi connectivity index (χ1) is 13.1. The van der Waals surface area contributed by atoms with E-state index < -0.39 is 32.3 Å². The van der Waals surface area contributed by atoms with E-state index in [0.29, 0.717) is 16.3 Å². The second-order valence-corrected chi connectivity index (χ2v) is 7.65. The van der Waals surface area contributed by atoms with E-state index in [-0.39, 0.29) is 39.5 Å². The van der Waals surface area contributed by atoms with E-state index in [1.165, 1.54) is 25.1 Å². The van der Waals surface area contributed by atoms with E-state index in [4.69, 9.17) is 11.6 Å². The van der Waals surface area contributed by atoms with E-state index >= 15 is 0 Å². The fourth-order valence-corrected chi connectivity index (χ4v) is 3.44. The van der Waals surface area contributed by atoms with Crippen LogP contribution in [0.5, 0.6) is 5.75 Å². The first-order valence-electron chi connectivity index (χ1n) is 7.73. The first kappa shape index (κ1) is 23.0. The largest absolute Gasteiger partial charge is 2.00 e. The molecule has 0 saturated heterocycles. The second-order valence-electron chi connectivity index (χ2n) is 5.85. The van der Waals surface area contributed by atoms with Gasteiger partial charge < -0.3 is 15.0 Å². The summed E-state index contributed by atoms with van der Waals surface area (Å²) in [6, 6.07) is 9.81. The van der Waals surface area contributed by atoms with Crippen LogP contribution in [0, 0.1) is 6.92 Å². The standard InChI is InChI=1S/C18H13ClN2O6S.Mg/c1-9-6-15(28(25,26)27)14(8-13(9)19)20-21-16-11-5-3-2-4-10(11)7-12(17(16)22)18(23)24;/h2-8,22H,1H3,(H,23,24)(H,25,26,27);/q;+2/p-2. The SMILES string of the molecule is Cc1cc(S(=O)(=O)O)c(N=Nc2c([O-])c(C(=O)[O-])cc3ccccc23)cc1Cl.[Mg+2]. The monoisotopic (exact) mass is 442 g/mol. The van der Waals surface area contributed by atoms with Crippen LogP contribution in [-0.4, -0.2) is 42.0 Å². The van der Waals surface area contributed by atoms with Gasteiger partial charge in [0.1, 0.15) is 10.6 Å². The molecule has 0 saturated carbocycles. The van der Waals surface area contributed by atoms with Gasteiger partial charge in [-0.2, -0.15) is 13.5 Å². The molecular formula is C18H11ClMgN2O6S. The molecule has 0 aliphatic heterocycles. The molecule has 0 aliphatic rings. The van der Waals surface area contributed by atoms with Crippen molar-refractivity contribution in [2.24, 2.45) is 10.2 Å². The van der Waals surface area contributed by atoms with Gasteiger partial charge in [-0.3, -0.25) is 4.55 Å². The van der Waals surface area contributed by atoms with Crippen molar-refractivity contribution in [1.29, 1.82) is 0 Å². The van der Waals surface area contributed by atoms with Gasteiger partial charge in [0.25, 0.3) is 10.1 Å². The minimum absolute atomic E-state index is 0. The van der Waals surface area contributed by atoms with Crippen LogP contribution < -0.4 is 10.2 Å². The number of hydrogen-bond donors (Lipinski definition) is 1. The van der Waals surface area contributed by atoms with Crippen molar-refractivity contribution in [3.05, 3.63) is 58.6 Å². The summed E-state index contributed by atoms with van der Waals surface area (Å²) in [5.41, 5.74) is -0.845. The average Bonchev–Trinajstić information content (AvgIpc) is 2.61. The predicted molar refractivity (Wildman–Crippen MR) is 104 cm³/mol. The number of fused-ring (bicyclic) bond motifs is 1. The van der Waals surface area contributed by atoms with Crippen molar-refractivity contribution in [1.82, 2.24) is 0 Å². The Balaban J connectivity index is 0.00000300. The Hall–Kier alpha value is -2.24. The van der Waals surface area contributed by atoms with Crippen molar-refractivity contribution < 1.29 is 28.0 Å². The molecule has 0 spiro atoms. The zero-order valence-electron chi connectivity index (χ0n) is 14.9. The summed E-state index contributed by atoms with van der Waals surface area (Å²) in [5, 5.41) is 32.1. The van der Waals surface area contributed by atoms with Gasteiger partial charge in [-0.25, -0.2) is 0 Å². The Labute approximate surface area is 186 Å². The maximum Gasteiger partial charge on any atom is 2.00 e. The van der Waals surface area contributed by atoms with Crippen LogP contribution in [0.2, 0.25) is 5.02 Å². The van der Waals surface area contributed by atoms with Gasteiger partial charge in [-0.15, -0.1) is 5.11 Å². The molecule has 11 heteroatoms. The normalized spacial score (nSPS) is 11.6. The Bertz CT molecular complexity index is 1260. The van der Waals surface area contributed by atoms with E-state index in [0.717, 1.165) is 6.07 Å². The molecule has 29 heavy (non-hydrogen) atoms. The number of azo groups is 1. The molecule has 0 unspecified atom stereocenters. The van der Waals surface area contributed by atoms with Gasteiger partial charge in [0, 0.05) is 10.4 Å². The molecule has 3 aromatic carbocycles. The summed E-state index contributed by atoms with van der Waals surface area (Å²) < 4.78 is 32.6. The van der Waals surface area contributed by atoms with E-state index in [1.807, 2.05) is 0 Å². The molecule has 0 aromatic heterocycles. The second kappa shape index (κ2) is 8.63. The van der Waals surface area contributed by atoms with Crippen LogP contribution in [0.25, 0.3) is 10.8 Å². The Morgan fingerprint density at radius 3 is 2.41 bits per heavy atom. The van der Waals surface area contributed by atoms with Gasteiger partial charge in [0.2, 0.25) is 0 Å². The van der Waals surface area contributed by atoms with Crippen molar-refractivity contribution >= 4 is 72.9 Å². The number of aromatic carboxylic acids is 1. The van der Waals surface area contributed by atoms with E-state index in [2.05, 4.69) is 10.2 Å². The molecule has 3 aromatic rings. The van der Waals surface area contributed by atoms with Crippen molar-refractivity contribution in [3.63, 3.8) is 0 Å². The molecular weight excluding hydrogens is 432 g/mol. The number of benzene rings is 3. The number of halogens is 1. The molecule has 0 bridgehead atoms. The molecule has 0 heterocycles. The Kier molecular flexibility index (Phi) is 6.86. The molecule has 1 N–H and O–H groups in total. The van der Waals surface area contributed by atoms with E-state index in [9.17, 15) is 28.0 Å². The number of rotatable bonds is 4. The number of carboxylic acids is 1. The topological polar surface area (TPSA) is 142 Å². The molecule has 0 aliphatic carbocycles. The molecule has 0 amide bonds. The summed E-state index contributed by atoms with van der Waals surface area (Å²) in [4.78, 5) is 10.7. The molecule has 0 atom stereocenters. The van der Waals surface area contributed by atoms with Gasteiger partial charge in [0.15, 0.2) is 0 Å². The van der Waals surface area contributed by atoms with Crippen LogP contribution in [0.15, 0.2) is 57.6 Å². The quantitative estimate of drug-likeness (QED) is 0.373. The number of carbonyl (C=O) groups is 1. The number of carbonyl (C=O) groups excluding carboxylic acids is 1.